The first-order valence-electron chi connectivity index (χ1n) is 10.0. The molecule has 1 aromatic carbocycles. The van der Waals surface area contributed by atoms with Crippen LogP contribution in [0.1, 0.15) is 38.2 Å². The number of rotatable bonds is 4. The van der Waals surface area contributed by atoms with Gasteiger partial charge in [-0.3, -0.25) is 4.90 Å². The molecule has 7 heteroatoms. The molecule has 2 aromatic rings. The van der Waals surface area contributed by atoms with Crippen molar-refractivity contribution in [2.75, 3.05) is 30.3 Å². The Hall–Kier alpha value is -1.79. The molecule has 1 aromatic heterocycles. The van der Waals surface area contributed by atoms with Gasteiger partial charge in [0.05, 0.1) is 0 Å². The van der Waals surface area contributed by atoms with E-state index in [2.05, 4.69) is 44.0 Å². The quantitative estimate of drug-likeness (QED) is 0.840. The fraction of sp³-hybridized carbons (Fsp3) is 0.600. The molecule has 2 fully saturated rings. The first-order valence-corrected chi connectivity index (χ1v) is 10.4. The molecular formula is C20H29ClN6. The van der Waals surface area contributed by atoms with Gasteiger partial charge < -0.3 is 10.6 Å². The van der Waals surface area contributed by atoms with E-state index >= 15 is 0 Å². The molecule has 0 amide bonds. The largest absolute Gasteiger partial charge is 0.368 e. The predicted octanol–water partition coefficient (Wildman–Crippen LogP) is 3.35. The van der Waals surface area contributed by atoms with Crippen LogP contribution in [0.4, 0.5) is 11.9 Å². The summed E-state index contributed by atoms with van der Waals surface area (Å²) in [4.78, 5) is 9.30. The van der Waals surface area contributed by atoms with Gasteiger partial charge in [-0.05, 0) is 55.7 Å². The zero-order valence-corrected chi connectivity index (χ0v) is 16.7. The molecule has 0 aliphatic carbocycles. The highest BCUT2D eigenvalue weighted by molar-refractivity contribution is 6.30. The number of benzene rings is 1. The number of halogens is 1. The molecule has 2 aliphatic rings. The van der Waals surface area contributed by atoms with Gasteiger partial charge in [0, 0.05) is 36.7 Å². The normalized spacial score (nSPS) is 25.0. The summed E-state index contributed by atoms with van der Waals surface area (Å²) >= 11 is 6.05. The number of anilines is 2. The summed E-state index contributed by atoms with van der Waals surface area (Å²) in [6.07, 6.45) is 6.02. The van der Waals surface area contributed by atoms with Crippen LogP contribution in [0.2, 0.25) is 5.02 Å². The van der Waals surface area contributed by atoms with Crippen LogP contribution in [-0.4, -0.2) is 51.8 Å². The standard InChI is InChI=1S/C20H29ClN6/c1-14-2-7-18(12-15-3-5-16(21)6-4-15)27(13-14)17-8-10-26(11-9-17)20-23-19(22)24-25-20/h3-6,14,17-18H,2,7-13H2,1H3,(H3,22,23,24,25)/t14?,18-/m1/s1. The predicted molar refractivity (Wildman–Crippen MR) is 110 cm³/mol. The van der Waals surface area contributed by atoms with Crippen LogP contribution < -0.4 is 10.6 Å². The summed E-state index contributed by atoms with van der Waals surface area (Å²) in [7, 11) is 0. The molecule has 27 heavy (non-hydrogen) atoms. The van der Waals surface area contributed by atoms with Crippen LogP contribution in [0, 0.1) is 5.92 Å². The second kappa shape index (κ2) is 8.07. The number of nitrogens with two attached hydrogens (primary N) is 1. The third-order valence-electron chi connectivity index (χ3n) is 6.08. The van der Waals surface area contributed by atoms with Crippen molar-refractivity contribution in [2.24, 2.45) is 5.92 Å². The maximum absolute atomic E-state index is 6.05. The van der Waals surface area contributed by atoms with E-state index in [4.69, 9.17) is 17.3 Å². The van der Waals surface area contributed by atoms with E-state index < -0.39 is 0 Å². The van der Waals surface area contributed by atoms with Gasteiger partial charge in [-0.25, -0.2) is 5.10 Å². The van der Waals surface area contributed by atoms with Gasteiger partial charge in [-0.2, -0.15) is 4.98 Å². The van der Waals surface area contributed by atoms with Gasteiger partial charge >= 0.3 is 0 Å². The summed E-state index contributed by atoms with van der Waals surface area (Å²) in [5.41, 5.74) is 7.06. The summed E-state index contributed by atoms with van der Waals surface area (Å²) < 4.78 is 0. The molecule has 4 rings (SSSR count). The molecule has 2 aliphatic heterocycles. The zero-order valence-electron chi connectivity index (χ0n) is 15.9. The lowest BCUT2D eigenvalue weighted by Crippen LogP contribution is -2.53. The summed E-state index contributed by atoms with van der Waals surface area (Å²) in [6.45, 7) is 5.56. The lowest BCUT2D eigenvalue weighted by molar-refractivity contribution is 0.0553. The number of aromatic amines is 1. The highest BCUT2D eigenvalue weighted by Crippen LogP contribution is 2.30. The van der Waals surface area contributed by atoms with Gasteiger partial charge in [0.15, 0.2) is 0 Å². The molecule has 2 saturated heterocycles. The number of nitrogens with one attached hydrogen (secondary N) is 1. The minimum Gasteiger partial charge on any atom is -0.368 e. The third kappa shape index (κ3) is 4.38. The molecular weight excluding hydrogens is 360 g/mol. The van der Waals surface area contributed by atoms with Crippen molar-refractivity contribution >= 4 is 23.5 Å². The Morgan fingerprint density at radius 1 is 1.15 bits per heavy atom. The van der Waals surface area contributed by atoms with Crippen LogP contribution in [0.3, 0.4) is 0 Å². The average Bonchev–Trinajstić information content (AvgIpc) is 3.11. The monoisotopic (exact) mass is 388 g/mol. The highest BCUT2D eigenvalue weighted by Gasteiger charge is 2.34. The van der Waals surface area contributed by atoms with Gasteiger partial charge in [-0.1, -0.05) is 30.7 Å². The highest BCUT2D eigenvalue weighted by atomic mass is 35.5. The second-order valence-corrected chi connectivity index (χ2v) is 8.54. The van der Waals surface area contributed by atoms with E-state index in [1.165, 1.54) is 24.9 Å². The van der Waals surface area contributed by atoms with Crippen molar-refractivity contribution in [3.63, 3.8) is 0 Å². The summed E-state index contributed by atoms with van der Waals surface area (Å²) in [5.74, 6) is 1.90. The summed E-state index contributed by atoms with van der Waals surface area (Å²) in [6, 6.07) is 9.63. The van der Waals surface area contributed by atoms with Crippen LogP contribution >= 0.6 is 11.6 Å². The van der Waals surface area contributed by atoms with Crippen molar-refractivity contribution in [3.8, 4) is 0 Å². The smallest absolute Gasteiger partial charge is 0.246 e. The fourth-order valence-electron chi connectivity index (χ4n) is 4.61. The van der Waals surface area contributed by atoms with Crippen molar-refractivity contribution in [3.05, 3.63) is 34.9 Å². The Balaban J connectivity index is 1.41. The molecule has 0 saturated carbocycles. The molecule has 0 spiro atoms. The van der Waals surface area contributed by atoms with E-state index in [0.717, 1.165) is 49.2 Å². The number of H-pyrrole nitrogens is 1. The van der Waals surface area contributed by atoms with Crippen LogP contribution in [0.15, 0.2) is 24.3 Å². The topological polar surface area (TPSA) is 74.1 Å². The number of nitrogens with zero attached hydrogens (tertiary/aromatic N) is 4. The maximum atomic E-state index is 6.05. The third-order valence-corrected chi connectivity index (χ3v) is 6.33. The number of aromatic nitrogens is 3. The number of hydrogen-bond acceptors (Lipinski definition) is 5. The van der Waals surface area contributed by atoms with E-state index in [0.29, 0.717) is 18.0 Å². The molecule has 146 valence electrons. The van der Waals surface area contributed by atoms with E-state index in [1.807, 2.05) is 12.1 Å². The molecule has 3 heterocycles. The lowest BCUT2D eigenvalue weighted by atomic mass is 9.87. The van der Waals surface area contributed by atoms with E-state index in [1.54, 1.807) is 0 Å². The fourth-order valence-corrected chi connectivity index (χ4v) is 4.73. The van der Waals surface area contributed by atoms with Crippen molar-refractivity contribution in [1.29, 1.82) is 0 Å². The van der Waals surface area contributed by atoms with E-state index in [-0.39, 0.29) is 0 Å². The van der Waals surface area contributed by atoms with Gasteiger partial charge in [0.1, 0.15) is 0 Å². The molecule has 2 atom stereocenters. The molecule has 6 nitrogen and oxygen atoms in total. The Morgan fingerprint density at radius 3 is 2.56 bits per heavy atom. The number of nitrogen functional groups attached to an aromatic ring is 1. The van der Waals surface area contributed by atoms with Crippen LogP contribution in [-0.2, 0) is 6.42 Å². The second-order valence-electron chi connectivity index (χ2n) is 8.10. The van der Waals surface area contributed by atoms with E-state index in [9.17, 15) is 0 Å². The first-order chi connectivity index (χ1) is 13.1. The SMILES string of the molecule is CC1CC[C@H](Cc2ccc(Cl)cc2)N(C2CCN(c3n[nH]c(N)n3)CC2)C1. The van der Waals surface area contributed by atoms with Crippen LogP contribution in [0.5, 0.6) is 0 Å². The van der Waals surface area contributed by atoms with Crippen molar-refractivity contribution in [2.45, 2.75) is 51.1 Å². The zero-order chi connectivity index (χ0) is 18.8. The molecule has 0 bridgehead atoms. The minimum atomic E-state index is 0.389. The Morgan fingerprint density at radius 2 is 1.89 bits per heavy atom. The van der Waals surface area contributed by atoms with Crippen LogP contribution in [0.25, 0.3) is 0 Å². The van der Waals surface area contributed by atoms with Crippen molar-refractivity contribution < 1.29 is 0 Å². The van der Waals surface area contributed by atoms with Gasteiger partial charge in [0.2, 0.25) is 11.9 Å². The number of piperidine rings is 2. The van der Waals surface area contributed by atoms with Gasteiger partial charge in [-0.15, -0.1) is 5.10 Å². The minimum absolute atomic E-state index is 0.389. The Kier molecular flexibility index (Phi) is 5.55. The lowest BCUT2D eigenvalue weighted by Gasteiger charge is -2.46. The summed E-state index contributed by atoms with van der Waals surface area (Å²) in [5, 5.41) is 7.76. The first kappa shape index (κ1) is 18.6. The maximum Gasteiger partial charge on any atom is 0.246 e. The number of likely N-dealkylation sites (tertiary alicyclic amines) is 1. The molecule has 3 N–H and O–H groups in total. The van der Waals surface area contributed by atoms with Crippen molar-refractivity contribution in [1.82, 2.24) is 20.1 Å². The number of hydrogen-bond donors (Lipinski definition) is 2. The molecule has 1 unspecified atom stereocenters. The Labute approximate surface area is 166 Å². The average molecular weight is 389 g/mol. The van der Waals surface area contributed by atoms with Gasteiger partial charge in [0.25, 0.3) is 0 Å². The molecule has 0 radical (unpaired) electrons. The Bertz CT molecular complexity index is 737.